The van der Waals surface area contributed by atoms with Gasteiger partial charge in [-0.3, -0.25) is 0 Å². The quantitative estimate of drug-likeness (QED) is 0.356. The fourth-order valence-electron chi connectivity index (χ4n) is 0.743. The summed E-state index contributed by atoms with van der Waals surface area (Å²) in [7, 11) is 0. The van der Waals surface area contributed by atoms with Gasteiger partial charge in [0.25, 0.3) is 0 Å². The van der Waals surface area contributed by atoms with Crippen LogP contribution in [0.25, 0.3) is 0 Å². The minimum Gasteiger partial charge on any atom is -0.383 e. The zero-order valence-electron chi connectivity index (χ0n) is 5.99. The van der Waals surface area contributed by atoms with Crippen LogP contribution in [0.5, 0.6) is 0 Å². The highest BCUT2D eigenvalue weighted by Gasteiger charge is 1.92. The number of terminal acetylenes is 1. The number of amidine groups is 1. The van der Waals surface area contributed by atoms with Crippen LogP contribution in [0.1, 0.15) is 5.56 Å². The van der Waals surface area contributed by atoms with Crippen LogP contribution in [-0.4, -0.2) is 5.84 Å². The maximum absolute atomic E-state index is 5.51. The molecule has 1 rings (SSSR count). The third kappa shape index (κ3) is 1.84. The van der Waals surface area contributed by atoms with Crippen molar-refractivity contribution in [3.05, 3.63) is 35.9 Å². The summed E-state index contributed by atoms with van der Waals surface area (Å²) in [5.41, 5.74) is 6.37. The van der Waals surface area contributed by atoms with Crippen molar-refractivity contribution in [2.24, 2.45) is 10.7 Å². The Morgan fingerprint density at radius 3 is 2.55 bits per heavy atom. The summed E-state index contributed by atoms with van der Waals surface area (Å²) < 4.78 is 0. The molecule has 0 radical (unpaired) electrons. The lowest BCUT2D eigenvalue weighted by Crippen LogP contribution is -2.12. The van der Waals surface area contributed by atoms with Gasteiger partial charge in [-0.1, -0.05) is 36.8 Å². The van der Waals surface area contributed by atoms with E-state index in [4.69, 9.17) is 12.2 Å². The van der Waals surface area contributed by atoms with Crippen LogP contribution in [0.4, 0.5) is 0 Å². The first-order valence-electron chi connectivity index (χ1n) is 3.19. The lowest BCUT2D eigenvalue weighted by atomic mass is 10.2. The summed E-state index contributed by atoms with van der Waals surface area (Å²) in [6.07, 6.45) is 4.95. The highest BCUT2D eigenvalue weighted by atomic mass is 14.8. The Kier molecular flexibility index (Phi) is 2.29. The van der Waals surface area contributed by atoms with Crippen LogP contribution >= 0.6 is 0 Å². The van der Waals surface area contributed by atoms with Gasteiger partial charge in [0.15, 0.2) is 0 Å². The Hall–Kier alpha value is -1.75. The molecule has 0 fully saturated rings. The topological polar surface area (TPSA) is 38.4 Å². The molecule has 0 aromatic heterocycles. The van der Waals surface area contributed by atoms with Crippen molar-refractivity contribution in [1.82, 2.24) is 0 Å². The Morgan fingerprint density at radius 2 is 2.00 bits per heavy atom. The maximum Gasteiger partial charge on any atom is 0.141 e. The van der Waals surface area contributed by atoms with Gasteiger partial charge in [-0.05, 0) is 0 Å². The molecule has 0 heterocycles. The Balaban J connectivity index is 2.96. The van der Waals surface area contributed by atoms with Gasteiger partial charge in [0.05, 0.1) is 0 Å². The molecule has 1 aromatic carbocycles. The third-order valence-corrected chi connectivity index (χ3v) is 1.25. The van der Waals surface area contributed by atoms with Gasteiger partial charge in [-0.15, -0.1) is 0 Å². The van der Waals surface area contributed by atoms with Gasteiger partial charge in [0.1, 0.15) is 5.84 Å². The first-order chi connectivity index (χ1) is 5.34. The van der Waals surface area contributed by atoms with Gasteiger partial charge < -0.3 is 5.73 Å². The van der Waals surface area contributed by atoms with E-state index < -0.39 is 0 Å². The van der Waals surface area contributed by atoms with E-state index in [0.29, 0.717) is 5.84 Å². The standard InChI is InChI=1S/C9H8N2/c1-2-11-9(10)8-6-4-3-5-7-8/h1,3-7H,(H2,10,11). The van der Waals surface area contributed by atoms with E-state index in [2.05, 4.69) is 11.0 Å². The average Bonchev–Trinajstić information content (AvgIpc) is 2.07. The molecule has 0 spiro atoms. The van der Waals surface area contributed by atoms with Gasteiger partial charge in [-0.2, -0.15) is 4.99 Å². The van der Waals surface area contributed by atoms with Gasteiger partial charge >= 0.3 is 0 Å². The summed E-state index contributed by atoms with van der Waals surface area (Å²) in [6, 6.07) is 11.5. The first-order valence-corrected chi connectivity index (χ1v) is 3.19. The van der Waals surface area contributed by atoms with Crippen molar-refractivity contribution in [1.29, 1.82) is 0 Å². The Bertz CT molecular complexity index is 293. The second kappa shape index (κ2) is 3.43. The van der Waals surface area contributed by atoms with E-state index in [1.54, 1.807) is 0 Å². The summed E-state index contributed by atoms with van der Waals surface area (Å²) in [4.78, 5) is 3.62. The summed E-state index contributed by atoms with van der Waals surface area (Å²) in [5, 5.41) is 0. The SMILES string of the molecule is C#CN=C(N)c1ccccc1. The van der Waals surface area contributed by atoms with Crippen molar-refractivity contribution in [3.63, 3.8) is 0 Å². The molecule has 0 aliphatic heterocycles. The molecule has 0 atom stereocenters. The van der Waals surface area contributed by atoms with Gasteiger partial charge in [0, 0.05) is 11.6 Å². The summed E-state index contributed by atoms with van der Waals surface area (Å²) in [6.45, 7) is 0. The van der Waals surface area contributed by atoms with E-state index in [-0.39, 0.29) is 0 Å². The number of aliphatic imine (C=N–C) groups is 1. The summed E-state index contributed by atoms with van der Waals surface area (Å²) in [5.74, 6) is 0.383. The minimum absolute atomic E-state index is 0.383. The van der Waals surface area contributed by atoms with E-state index in [9.17, 15) is 0 Å². The van der Waals surface area contributed by atoms with Crippen molar-refractivity contribution in [2.45, 2.75) is 0 Å². The lowest BCUT2D eigenvalue weighted by Gasteiger charge is -1.95. The van der Waals surface area contributed by atoms with E-state index in [1.165, 1.54) is 0 Å². The molecular weight excluding hydrogens is 136 g/mol. The largest absolute Gasteiger partial charge is 0.383 e. The Morgan fingerprint density at radius 1 is 1.36 bits per heavy atom. The third-order valence-electron chi connectivity index (χ3n) is 1.25. The number of benzene rings is 1. The Labute approximate surface area is 65.8 Å². The second-order valence-electron chi connectivity index (χ2n) is 1.99. The molecular formula is C9H8N2. The van der Waals surface area contributed by atoms with Crippen LogP contribution in [-0.2, 0) is 0 Å². The van der Waals surface area contributed by atoms with Crippen LogP contribution in [0, 0.1) is 12.5 Å². The number of rotatable bonds is 1. The molecule has 54 valence electrons. The van der Waals surface area contributed by atoms with Crippen LogP contribution in [0.2, 0.25) is 0 Å². The normalized spacial score (nSPS) is 10.6. The first kappa shape index (κ1) is 7.36. The fourth-order valence-corrected chi connectivity index (χ4v) is 0.743. The predicted molar refractivity (Wildman–Crippen MR) is 46.0 cm³/mol. The van der Waals surface area contributed by atoms with E-state index in [1.807, 2.05) is 30.3 Å². The van der Waals surface area contributed by atoms with Crippen LogP contribution in [0.3, 0.4) is 0 Å². The van der Waals surface area contributed by atoms with Crippen molar-refractivity contribution in [2.75, 3.05) is 0 Å². The molecule has 0 amide bonds. The highest BCUT2D eigenvalue weighted by Crippen LogP contribution is 1.96. The fraction of sp³-hybridized carbons (Fsp3) is 0. The zero-order valence-corrected chi connectivity index (χ0v) is 5.99. The van der Waals surface area contributed by atoms with Crippen LogP contribution in [0.15, 0.2) is 35.3 Å². The van der Waals surface area contributed by atoms with Crippen molar-refractivity contribution < 1.29 is 0 Å². The molecule has 2 nitrogen and oxygen atoms in total. The highest BCUT2D eigenvalue weighted by molar-refractivity contribution is 5.97. The molecule has 0 aliphatic rings. The average molecular weight is 144 g/mol. The minimum atomic E-state index is 0.383. The molecule has 0 saturated heterocycles. The molecule has 0 aliphatic carbocycles. The number of hydrogen-bond acceptors (Lipinski definition) is 1. The molecule has 11 heavy (non-hydrogen) atoms. The van der Waals surface area contributed by atoms with Crippen molar-refractivity contribution >= 4 is 5.84 Å². The maximum atomic E-state index is 5.51. The van der Waals surface area contributed by atoms with Gasteiger partial charge in [0.2, 0.25) is 0 Å². The monoisotopic (exact) mass is 144 g/mol. The van der Waals surface area contributed by atoms with Crippen LogP contribution < -0.4 is 5.73 Å². The predicted octanol–water partition coefficient (Wildman–Crippen LogP) is 0.983. The molecule has 2 heteroatoms. The van der Waals surface area contributed by atoms with E-state index in [0.717, 1.165) is 5.56 Å². The van der Waals surface area contributed by atoms with Gasteiger partial charge in [-0.25, -0.2) is 0 Å². The van der Waals surface area contributed by atoms with E-state index >= 15 is 0 Å². The molecule has 0 unspecified atom stereocenters. The number of nitrogens with zero attached hydrogens (tertiary/aromatic N) is 1. The van der Waals surface area contributed by atoms with Crippen molar-refractivity contribution in [3.8, 4) is 12.5 Å². The number of nitrogens with two attached hydrogens (primary N) is 1. The lowest BCUT2D eigenvalue weighted by molar-refractivity contribution is 1.51. The smallest absolute Gasteiger partial charge is 0.141 e. The second-order valence-corrected chi connectivity index (χ2v) is 1.99. The molecule has 2 N–H and O–H groups in total. The zero-order chi connectivity index (χ0) is 8.10. The number of hydrogen-bond donors (Lipinski definition) is 1. The summed E-state index contributed by atoms with van der Waals surface area (Å²) >= 11 is 0. The molecule has 0 saturated carbocycles. The molecule has 1 aromatic rings. The molecule has 0 bridgehead atoms.